The van der Waals surface area contributed by atoms with Crippen molar-refractivity contribution in [1.29, 1.82) is 0 Å². The van der Waals surface area contributed by atoms with Crippen LogP contribution in [0, 0.1) is 11.8 Å². The van der Waals surface area contributed by atoms with Gasteiger partial charge in [-0.05, 0) is 90.6 Å². The zero-order valence-corrected chi connectivity index (χ0v) is 28.6. The maximum Gasteiger partial charge on any atom is 0.161 e. The van der Waals surface area contributed by atoms with Gasteiger partial charge in [0.05, 0.1) is 21.3 Å². The Morgan fingerprint density at radius 1 is 0.767 bits per heavy atom. The summed E-state index contributed by atoms with van der Waals surface area (Å²) >= 11 is 0. The zero-order chi connectivity index (χ0) is 23.8. The molecule has 5 rings (SSSR count). The smallest absolute Gasteiger partial charge is 0.161 e. The number of phenolic OH excluding ortho intramolecular Hbond substituents is 1. The molecule has 1 saturated heterocycles. The van der Waals surface area contributed by atoms with Crippen molar-refractivity contribution in [3.05, 3.63) is 46.5 Å². The zero-order valence-electron chi connectivity index (χ0n) is 25.2. The number of hydrogen-bond acceptors (Lipinski definition) is 6. The maximum atomic E-state index is 10.3. The van der Waals surface area contributed by atoms with Crippen molar-refractivity contribution < 1.29 is 57.7 Å². The van der Waals surface area contributed by atoms with Crippen LogP contribution in [0.2, 0.25) is 0 Å². The fourth-order valence-electron chi connectivity index (χ4n) is 6.59. The number of phenols is 1. The number of rotatable bonds is 6. The van der Waals surface area contributed by atoms with Crippen LogP contribution in [0.5, 0.6) is 23.0 Å². The molecule has 0 saturated carbocycles. The summed E-state index contributed by atoms with van der Waals surface area (Å²) in [6.07, 6.45) is 5.46. The molecule has 2 aromatic rings. The third-order valence-corrected chi connectivity index (χ3v) is 8.44. The van der Waals surface area contributed by atoms with Gasteiger partial charge in [0.1, 0.15) is 0 Å². The van der Waals surface area contributed by atoms with Gasteiger partial charge in [-0.1, -0.05) is 13.3 Å². The van der Waals surface area contributed by atoms with Crippen LogP contribution in [0.3, 0.4) is 0 Å². The van der Waals surface area contributed by atoms with Crippen molar-refractivity contribution in [2.24, 2.45) is 11.8 Å². The Labute approximate surface area is 274 Å². The molecule has 3 aliphatic rings. The first kappa shape index (κ1) is 50.8. The van der Waals surface area contributed by atoms with Gasteiger partial charge in [0, 0.05) is 25.2 Å². The lowest BCUT2D eigenvalue weighted by atomic mass is 9.72. The summed E-state index contributed by atoms with van der Waals surface area (Å²) in [5.41, 5.74) is 5.34. The first-order valence-corrected chi connectivity index (χ1v) is 12.7. The standard InChI is InChI=1S/C28H38N2O4.2BrH.7H2O/c1-5-17-16-30-9-7-19-13-27(33-3)28(34-4)15-22(19)24(30)11-20(17)10-23-21-14-26(32-2)25(31)12-18(21)6-8-29-23;;;;;;;;;/h12-15,17,20,23-24,29,31H,5-11,16H2,1-4H3;2*1H;7*1H2/t17-,20-,23+,24-;;;;;;;;;/m0........./s1. The minimum Gasteiger partial charge on any atom is -0.504 e. The minimum absolute atomic E-state index is 0. The molecular weight excluding hydrogens is 700 g/mol. The number of nitrogens with one attached hydrogen (secondary N) is 1. The molecule has 0 aromatic heterocycles. The third kappa shape index (κ3) is 9.86. The predicted molar refractivity (Wildman–Crippen MR) is 179 cm³/mol. The Kier molecular flexibility index (Phi) is 25.8. The maximum absolute atomic E-state index is 10.3. The van der Waals surface area contributed by atoms with Gasteiger partial charge in [0.15, 0.2) is 23.0 Å². The van der Waals surface area contributed by atoms with Crippen LogP contribution in [0.15, 0.2) is 24.3 Å². The highest BCUT2D eigenvalue weighted by molar-refractivity contribution is 8.93. The molecule has 0 radical (unpaired) electrons. The highest BCUT2D eigenvalue weighted by atomic mass is 79.9. The highest BCUT2D eigenvalue weighted by Gasteiger charge is 2.40. The van der Waals surface area contributed by atoms with Crippen molar-refractivity contribution in [3.63, 3.8) is 0 Å². The summed E-state index contributed by atoms with van der Waals surface area (Å²) in [4.78, 5) is 2.70. The van der Waals surface area contributed by atoms with E-state index in [1.165, 1.54) is 28.7 Å². The van der Waals surface area contributed by atoms with Crippen molar-refractivity contribution in [2.75, 3.05) is 41.0 Å². The molecule has 3 aliphatic heterocycles. The lowest BCUT2D eigenvalue weighted by Crippen LogP contribution is -2.46. The average molecular weight is 755 g/mol. The average Bonchev–Trinajstić information content (AvgIpc) is 2.87. The van der Waals surface area contributed by atoms with Gasteiger partial charge in [-0.2, -0.15) is 0 Å². The molecule has 256 valence electrons. The number of benzene rings is 2. The monoisotopic (exact) mass is 752 g/mol. The van der Waals surface area contributed by atoms with E-state index in [1.807, 2.05) is 12.1 Å². The van der Waals surface area contributed by atoms with Crippen LogP contribution in [-0.4, -0.2) is 89.3 Å². The van der Waals surface area contributed by atoms with Crippen molar-refractivity contribution in [2.45, 2.75) is 51.1 Å². The van der Waals surface area contributed by atoms with Crippen LogP contribution in [-0.2, 0) is 12.8 Å². The second-order valence-electron chi connectivity index (χ2n) is 10.0. The summed E-state index contributed by atoms with van der Waals surface area (Å²) in [5.74, 6) is 3.76. The first-order valence-electron chi connectivity index (χ1n) is 12.7. The number of halogens is 2. The van der Waals surface area contributed by atoms with E-state index in [0.717, 1.165) is 56.8 Å². The number of fused-ring (bicyclic) bond motifs is 4. The number of ether oxygens (including phenoxy) is 3. The molecule has 0 spiro atoms. The largest absolute Gasteiger partial charge is 0.504 e. The molecule has 2 aromatic carbocycles. The molecule has 13 nitrogen and oxygen atoms in total. The normalized spacial score (nSPS) is 20.7. The molecule has 16 N–H and O–H groups in total. The lowest BCUT2D eigenvalue weighted by Gasteiger charge is -2.48. The Balaban J connectivity index is -0.000000535. The Morgan fingerprint density at radius 2 is 1.33 bits per heavy atom. The number of nitrogens with zero attached hydrogens (tertiary/aromatic N) is 1. The van der Waals surface area contributed by atoms with E-state index in [1.54, 1.807) is 21.3 Å². The first-order chi connectivity index (χ1) is 16.6. The predicted octanol–water partition coefficient (Wildman–Crippen LogP) is 0.0233. The van der Waals surface area contributed by atoms with Crippen molar-refractivity contribution in [1.82, 2.24) is 10.2 Å². The number of aromatic hydroxyl groups is 1. The van der Waals surface area contributed by atoms with E-state index in [-0.39, 0.29) is 84.1 Å². The summed E-state index contributed by atoms with van der Waals surface area (Å²) in [6.45, 7) is 5.55. The molecule has 0 amide bonds. The van der Waals surface area contributed by atoms with E-state index >= 15 is 0 Å². The summed E-state index contributed by atoms with van der Waals surface area (Å²) in [6, 6.07) is 9.06. The molecule has 15 heteroatoms. The minimum atomic E-state index is 0. The molecule has 3 heterocycles. The summed E-state index contributed by atoms with van der Waals surface area (Å²) in [7, 11) is 5.06. The Hall–Kier alpha value is -1.76. The molecule has 0 unspecified atom stereocenters. The second-order valence-corrected chi connectivity index (χ2v) is 10.0. The quantitative estimate of drug-likeness (QED) is 0.410. The van der Waals surface area contributed by atoms with Crippen LogP contribution < -0.4 is 19.5 Å². The van der Waals surface area contributed by atoms with Gasteiger partial charge in [0.25, 0.3) is 0 Å². The number of piperidine rings is 1. The van der Waals surface area contributed by atoms with Crippen LogP contribution >= 0.6 is 34.0 Å². The second kappa shape index (κ2) is 21.9. The molecule has 0 aliphatic carbocycles. The molecular formula is C28H54Br2N2O11. The van der Waals surface area contributed by atoms with Gasteiger partial charge in [0.2, 0.25) is 0 Å². The van der Waals surface area contributed by atoms with E-state index in [0.29, 0.717) is 23.6 Å². The number of hydrogen-bond donors (Lipinski definition) is 2. The van der Waals surface area contributed by atoms with E-state index < -0.39 is 0 Å². The summed E-state index contributed by atoms with van der Waals surface area (Å²) < 4.78 is 16.7. The number of methoxy groups -OCH3 is 3. The van der Waals surface area contributed by atoms with E-state index in [9.17, 15) is 5.11 Å². The van der Waals surface area contributed by atoms with E-state index in [4.69, 9.17) is 14.2 Å². The highest BCUT2D eigenvalue weighted by Crippen LogP contribution is 2.48. The molecule has 0 bridgehead atoms. The summed E-state index contributed by atoms with van der Waals surface area (Å²) in [5, 5.41) is 14.1. The van der Waals surface area contributed by atoms with Gasteiger partial charge in [-0.15, -0.1) is 34.0 Å². The van der Waals surface area contributed by atoms with E-state index in [2.05, 4.69) is 29.3 Å². The topological polar surface area (TPSA) is 284 Å². The van der Waals surface area contributed by atoms with Gasteiger partial charge in [-0.25, -0.2) is 0 Å². The van der Waals surface area contributed by atoms with Gasteiger partial charge in [-0.3, -0.25) is 4.90 Å². The fourth-order valence-corrected chi connectivity index (χ4v) is 6.59. The van der Waals surface area contributed by atoms with Gasteiger partial charge >= 0.3 is 0 Å². The fraction of sp³-hybridized carbons (Fsp3) is 0.571. The van der Waals surface area contributed by atoms with Crippen molar-refractivity contribution >= 4 is 34.0 Å². The lowest BCUT2D eigenvalue weighted by molar-refractivity contribution is 0.0434. The molecule has 1 fully saturated rings. The van der Waals surface area contributed by atoms with Gasteiger partial charge < -0.3 is 63.0 Å². The van der Waals surface area contributed by atoms with Crippen LogP contribution in [0.1, 0.15) is 60.5 Å². The Morgan fingerprint density at radius 3 is 1.91 bits per heavy atom. The SMILES string of the molecule is Br.Br.CC[C@H]1CN2CCc3cc(OC)c(OC)cc3[C@@H]2C[C@@H]1C[C@H]1NCCc2cc(O)c(OC)cc21.O.O.O.O.O.O.O. The Bertz CT molecular complexity index is 1070. The van der Waals surface area contributed by atoms with Crippen LogP contribution in [0.25, 0.3) is 0 Å². The van der Waals surface area contributed by atoms with Crippen LogP contribution in [0.4, 0.5) is 0 Å². The van der Waals surface area contributed by atoms with Crippen molar-refractivity contribution in [3.8, 4) is 23.0 Å². The molecule has 4 atom stereocenters. The molecule has 43 heavy (non-hydrogen) atoms. The third-order valence-electron chi connectivity index (χ3n) is 8.44.